The van der Waals surface area contributed by atoms with E-state index in [1.165, 1.54) is 12.1 Å². The summed E-state index contributed by atoms with van der Waals surface area (Å²) in [6.07, 6.45) is 1.04. The van der Waals surface area contributed by atoms with Crippen molar-refractivity contribution in [3.8, 4) is 11.3 Å². The van der Waals surface area contributed by atoms with Crippen LogP contribution in [0.5, 0.6) is 0 Å². The number of carboxylic acids is 1. The summed E-state index contributed by atoms with van der Waals surface area (Å²) < 4.78 is 18.9. The number of halogens is 2. The van der Waals surface area contributed by atoms with Crippen LogP contribution in [-0.4, -0.2) is 16.2 Å². The summed E-state index contributed by atoms with van der Waals surface area (Å²) in [5.41, 5.74) is -0.0978. The monoisotopic (exact) mass is 285 g/mol. The summed E-state index contributed by atoms with van der Waals surface area (Å²) in [4.78, 5) is 10.8. The second-order valence-corrected chi connectivity index (χ2v) is 3.91. The van der Waals surface area contributed by atoms with Crippen molar-refractivity contribution in [3.63, 3.8) is 0 Å². The molecule has 0 aliphatic heterocycles. The zero-order valence-corrected chi connectivity index (χ0v) is 9.36. The minimum atomic E-state index is -1.21. The van der Waals surface area contributed by atoms with Crippen LogP contribution in [0.15, 0.2) is 33.4 Å². The van der Waals surface area contributed by atoms with Gasteiger partial charge in [-0.1, -0.05) is 21.1 Å². The molecule has 0 unspecified atom stereocenters. The molecule has 0 atom stereocenters. The quantitative estimate of drug-likeness (QED) is 0.921. The molecular formula is C10H5BrFNO3. The number of aromatic nitrogens is 1. The number of hydrogen-bond acceptors (Lipinski definition) is 3. The normalized spacial score (nSPS) is 10.4. The first-order valence-electron chi connectivity index (χ1n) is 4.23. The van der Waals surface area contributed by atoms with Crippen LogP contribution in [0.25, 0.3) is 11.3 Å². The Balaban J connectivity index is 2.59. The molecule has 0 radical (unpaired) electrons. The van der Waals surface area contributed by atoms with E-state index in [9.17, 15) is 9.18 Å². The second kappa shape index (κ2) is 4.05. The van der Waals surface area contributed by atoms with Crippen molar-refractivity contribution in [1.29, 1.82) is 0 Å². The second-order valence-electron chi connectivity index (χ2n) is 3.00. The number of carbonyl (C=O) groups is 1. The van der Waals surface area contributed by atoms with Crippen LogP contribution in [0.2, 0.25) is 0 Å². The fourth-order valence-corrected chi connectivity index (χ4v) is 1.59. The highest BCUT2D eigenvalue weighted by Gasteiger charge is 2.19. The fraction of sp³-hybridized carbons (Fsp3) is 0. The van der Waals surface area contributed by atoms with E-state index < -0.39 is 11.8 Å². The van der Waals surface area contributed by atoms with Gasteiger partial charge in [0.2, 0.25) is 0 Å². The first kappa shape index (κ1) is 10.8. The Labute approximate surface area is 97.8 Å². The molecule has 0 aliphatic rings. The molecule has 16 heavy (non-hydrogen) atoms. The predicted molar refractivity (Wildman–Crippen MR) is 56.6 cm³/mol. The summed E-state index contributed by atoms with van der Waals surface area (Å²) in [5.74, 6) is -1.87. The van der Waals surface area contributed by atoms with Gasteiger partial charge in [-0.15, -0.1) is 0 Å². The minimum absolute atomic E-state index is 0.0677. The molecule has 82 valence electrons. The number of nitrogens with zero attached hydrogens (tertiary/aromatic N) is 1. The van der Waals surface area contributed by atoms with Crippen LogP contribution in [-0.2, 0) is 0 Å². The summed E-state index contributed by atoms with van der Waals surface area (Å²) in [7, 11) is 0. The van der Waals surface area contributed by atoms with E-state index in [-0.39, 0.29) is 16.9 Å². The summed E-state index contributed by atoms with van der Waals surface area (Å²) in [5, 5.41) is 12.2. The van der Waals surface area contributed by atoms with E-state index in [0.29, 0.717) is 4.47 Å². The minimum Gasteiger partial charge on any atom is -0.477 e. The predicted octanol–water partition coefficient (Wildman–Crippen LogP) is 2.94. The van der Waals surface area contributed by atoms with Crippen LogP contribution < -0.4 is 0 Å². The van der Waals surface area contributed by atoms with E-state index in [1.807, 2.05) is 0 Å². The van der Waals surface area contributed by atoms with Crippen LogP contribution in [0.1, 0.15) is 10.4 Å². The van der Waals surface area contributed by atoms with Crippen LogP contribution in [0.3, 0.4) is 0 Å². The molecule has 0 saturated heterocycles. The lowest BCUT2D eigenvalue weighted by Gasteiger charge is -2.00. The van der Waals surface area contributed by atoms with Gasteiger partial charge in [-0.25, -0.2) is 9.18 Å². The lowest BCUT2D eigenvalue weighted by atomic mass is 10.1. The Morgan fingerprint density at radius 3 is 2.88 bits per heavy atom. The number of hydrogen-bond donors (Lipinski definition) is 1. The maximum absolute atomic E-state index is 13.5. The molecule has 0 spiro atoms. The van der Waals surface area contributed by atoms with E-state index in [1.54, 1.807) is 6.07 Å². The standard InChI is InChI=1S/C10H5BrFNO3/c11-5-1-2-6(8(12)3-5)9-7(10(14)15)4-13-16-9/h1-4H,(H,14,15). The lowest BCUT2D eigenvalue weighted by molar-refractivity contribution is 0.0697. The Morgan fingerprint density at radius 1 is 1.50 bits per heavy atom. The van der Waals surface area contributed by atoms with Crippen molar-refractivity contribution in [1.82, 2.24) is 5.16 Å². The fourth-order valence-electron chi connectivity index (χ4n) is 1.26. The molecule has 1 aromatic carbocycles. The average Bonchev–Trinajstić information content (AvgIpc) is 2.66. The molecule has 0 saturated carbocycles. The summed E-state index contributed by atoms with van der Waals surface area (Å²) >= 11 is 3.10. The van der Waals surface area contributed by atoms with Gasteiger partial charge in [0.05, 0.1) is 11.8 Å². The zero-order valence-electron chi connectivity index (χ0n) is 7.78. The molecule has 2 rings (SSSR count). The topological polar surface area (TPSA) is 63.3 Å². The van der Waals surface area contributed by atoms with E-state index in [0.717, 1.165) is 6.20 Å². The van der Waals surface area contributed by atoms with E-state index in [2.05, 4.69) is 21.1 Å². The third kappa shape index (κ3) is 1.83. The van der Waals surface area contributed by atoms with E-state index >= 15 is 0 Å². The van der Waals surface area contributed by atoms with E-state index in [4.69, 9.17) is 9.63 Å². The lowest BCUT2D eigenvalue weighted by Crippen LogP contribution is -1.97. The van der Waals surface area contributed by atoms with Crippen LogP contribution in [0.4, 0.5) is 4.39 Å². The van der Waals surface area contributed by atoms with Crippen molar-refractivity contribution >= 4 is 21.9 Å². The van der Waals surface area contributed by atoms with Gasteiger partial charge in [0.15, 0.2) is 5.76 Å². The highest BCUT2D eigenvalue weighted by atomic mass is 79.9. The molecule has 6 heteroatoms. The van der Waals surface area contributed by atoms with Gasteiger partial charge >= 0.3 is 5.97 Å². The molecule has 1 heterocycles. The number of rotatable bonds is 2. The molecule has 0 fully saturated rings. The van der Waals surface area contributed by atoms with Crippen LogP contribution in [0, 0.1) is 5.82 Å². The highest BCUT2D eigenvalue weighted by molar-refractivity contribution is 9.10. The van der Waals surface area contributed by atoms with Gasteiger partial charge in [-0.05, 0) is 18.2 Å². The zero-order chi connectivity index (χ0) is 11.7. The number of benzene rings is 1. The molecule has 0 aliphatic carbocycles. The van der Waals surface area contributed by atoms with Gasteiger partial charge in [0, 0.05) is 4.47 Å². The van der Waals surface area contributed by atoms with Gasteiger partial charge in [-0.2, -0.15) is 0 Å². The van der Waals surface area contributed by atoms with Crippen molar-refractivity contribution in [3.05, 3.63) is 40.2 Å². The Morgan fingerprint density at radius 2 is 2.25 bits per heavy atom. The van der Waals surface area contributed by atoms with Crippen molar-refractivity contribution in [2.45, 2.75) is 0 Å². The van der Waals surface area contributed by atoms with Gasteiger partial charge in [0.25, 0.3) is 0 Å². The van der Waals surface area contributed by atoms with Gasteiger partial charge in [-0.3, -0.25) is 0 Å². The molecule has 0 bridgehead atoms. The third-order valence-electron chi connectivity index (χ3n) is 1.98. The SMILES string of the molecule is O=C(O)c1cnoc1-c1ccc(Br)cc1F. The number of carboxylic acid groups (broad SMARTS) is 1. The third-order valence-corrected chi connectivity index (χ3v) is 2.47. The Bertz CT molecular complexity index is 553. The van der Waals surface area contributed by atoms with Gasteiger partial charge < -0.3 is 9.63 Å². The average molecular weight is 286 g/mol. The molecule has 1 N–H and O–H groups in total. The first-order chi connectivity index (χ1) is 7.59. The van der Waals surface area contributed by atoms with Crippen molar-refractivity contribution in [2.24, 2.45) is 0 Å². The maximum Gasteiger partial charge on any atom is 0.341 e. The Kier molecular flexibility index (Phi) is 2.74. The highest BCUT2D eigenvalue weighted by Crippen LogP contribution is 2.28. The summed E-state index contributed by atoms with van der Waals surface area (Å²) in [6, 6.07) is 4.24. The smallest absolute Gasteiger partial charge is 0.341 e. The number of aromatic carboxylic acids is 1. The largest absolute Gasteiger partial charge is 0.477 e. The molecule has 2 aromatic rings. The van der Waals surface area contributed by atoms with Gasteiger partial charge in [0.1, 0.15) is 11.4 Å². The Hall–Kier alpha value is -1.69. The van der Waals surface area contributed by atoms with Crippen molar-refractivity contribution in [2.75, 3.05) is 0 Å². The maximum atomic E-state index is 13.5. The molecular weight excluding hydrogens is 281 g/mol. The molecule has 0 amide bonds. The summed E-state index contributed by atoms with van der Waals surface area (Å²) in [6.45, 7) is 0. The molecule has 1 aromatic heterocycles. The van der Waals surface area contributed by atoms with Crippen molar-refractivity contribution < 1.29 is 18.8 Å². The molecule has 4 nitrogen and oxygen atoms in total. The first-order valence-corrected chi connectivity index (χ1v) is 5.02. The van der Waals surface area contributed by atoms with Crippen LogP contribution >= 0.6 is 15.9 Å².